The molecule has 0 aromatic rings. The van der Waals surface area contributed by atoms with Crippen molar-refractivity contribution >= 4 is 0 Å². The summed E-state index contributed by atoms with van der Waals surface area (Å²) in [5, 5.41) is 0. The van der Waals surface area contributed by atoms with E-state index in [0.717, 1.165) is 0 Å². The number of rotatable bonds is 0. The van der Waals surface area contributed by atoms with E-state index >= 15 is 0 Å². The Morgan fingerprint density at radius 3 is 1.05 bits per heavy atom. The second-order valence-electron chi connectivity index (χ2n) is 4.82. The zero-order valence-corrected chi connectivity index (χ0v) is 15.6. The van der Waals surface area contributed by atoms with Gasteiger partial charge in [0, 0.05) is 0 Å². The van der Waals surface area contributed by atoms with Gasteiger partial charge < -0.3 is 24.8 Å². The minimum atomic E-state index is 0. The third kappa shape index (κ3) is 8.20. The zero-order valence-electron chi connectivity index (χ0n) is 12.6. The van der Waals surface area contributed by atoms with Crippen LogP contribution in [0, 0.1) is 24.0 Å². The van der Waals surface area contributed by atoms with Crippen LogP contribution >= 0.6 is 0 Å². The Morgan fingerprint density at radius 2 is 1.00 bits per heavy atom. The maximum absolute atomic E-state index is 3.29. The summed E-state index contributed by atoms with van der Waals surface area (Å²) >= 11 is 0. The van der Waals surface area contributed by atoms with Crippen molar-refractivity contribution < 1.29 is 46.5 Å². The van der Waals surface area contributed by atoms with Crippen LogP contribution in [0.25, 0.3) is 0 Å². The van der Waals surface area contributed by atoms with E-state index in [1.807, 2.05) is 0 Å². The Bertz CT molecular complexity index is 316. The monoisotopic (exact) mass is 332 g/mol. The SMILES string of the molecule is CC1=[C-]C(C)C=C1C.CC1=[C-]C(C)C=C1C.[Cl-].[Cl-].[Ti+4]. The minimum Gasteiger partial charge on any atom is -1.00 e. The molecule has 2 rings (SSSR count). The molecule has 0 spiro atoms. The summed E-state index contributed by atoms with van der Waals surface area (Å²) < 4.78 is 0. The zero-order chi connectivity index (χ0) is 12.3. The Morgan fingerprint density at radius 1 is 0.737 bits per heavy atom. The predicted octanol–water partition coefficient (Wildman–Crippen LogP) is -1.33. The maximum Gasteiger partial charge on any atom is 4.00 e. The molecular weight excluding hydrogens is 311 g/mol. The van der Waals surface area contributed by atoms with Gasteiger partial charge in [-0.25, -0.2) is 22.3 Å². The van der Waals surface area contributed by atoms with Gasteiger partial charge in [0.05, 0.1) is 0 Å². The van der Waals surface area contributed by atoms with Gasteiger partial charge in [0.25, 0.3) is 0 Å². The predicted molar refractivity (Wildman–Crippen MR) is 70.7 cm³/mol. The van der Waals surface area contributed by atoms with Gasteiger partial charge in [-0.2, -0.15) is 12.2 Å². The average molecular weight is 333 g/mol. The van der Waals surface area contributed by atoms with Crippen molar-refractivity contribution in [1.29, 1.82) is 0 Å². The van der Waals surface area contributed by atoms with Crippen molar-refractivity contribution in [2.24, 2.45) is 11.8 Å². The van der Waals surface area contributed by atoms with E-state index in [1.54, 1.807) is 0 Å². The fraction of sp³-hybridized carbons (Fsp3) is 0.500. The molecule has 0 amide bonds. The Labute approximate surface area is 146 Å². The molecule has 0 fully saturated rings. The summed E-state index contributed by atoms with van der Waals surface area (Å²) in [6.07, 6.45) is 11.0. The Kier molecular flexibility index (Phi) is 14.0. The number of halogens is 2. The normalized spacial score (nSPS) is 23.3. The van der Waals surface area contributed by atoms with E-state index in [1.165, 1.54) is 22.3 Å². The maximum atomic E-state index is 3.29. The molecule has 0 aromatic carbocycles. The first-order valence-corrected chi connectivity index (χ1v) is 5.98. The summed E-state index contributed by atoms with van der Waals surface area (Å²) in [7, 11) is 0. The smallest absolute Gasteiger partial charge is 1.00 e. The summed E-state index contributed by atoms with van der Waals surface area (Å²) in [4.78, 5) is 0. The second kappa shape index (κ2) is 11.0. The Hall–Kier alpha value is 0.254. The van der Waals surface area contributed by atoms with Crippen LogP contribution in [0.5, 0.6) is 0 Å². The van der Waals surface area contributed by atoms with E-state index in [0.29, 0.717) is 11.8 Å². The Balaban J connectivity index is -0.000000233. The van der Waals surface area contributed by atoms with Gasteiger partial charge in [-0.3, -0.25) is 12.2 Å². The minimum absolute atomic E-state index is 0. The third-order valence-corrected chi connectivity index (χ3v) is 3.07. The van der Waals surface area contributed by atoms with E-state index in [4.69, 9.17) is 0 Å². The molecule has 2 atom stereocenters. The first-order valence-electron chi connectivity index (χ1n) is 5.98. The molecular formula is C16H22Cl2Ti. The summed E-state index contributed by atoms with van der Waals surface area (Å²) in [6.45, 7) is 12.8. The fourth-order valence-electron chi connectivity index (χ4n) is 1.99. The van der Waals surface area contributed by atoms with Gasteiger partial charge in [-0.05, 0) is 0 Å². The van der Waals surface area contributed by atoms with Crippen LogP contribution in [-0.4, -0.2) is 0 Å². The molecule has 0 aliphatic heterocycles. The second-order valence-corrected chi connectivity index (χ2v) is 4.82. The van der Waals surface area contributed by atoms with Crippen molar-refractivity contribution in [3.63, 3.8) is 0 Å². The molecule has 0 bridgehead atoms. The standard InChI is InChI=1S/2C8H11.2ClH.Ti/c2*1-6-4-7(2)8(3)5-6;;;/h2*4,6H,1-3H3;2*1H;/q2*-1;;;+4/p-2. The van der Waals surface area contributed by atoms with Gasteiger partial charge in [0.2, 0.25) is 0 Å². The quantitative estimate of drug-likeness (QED) is 0.381. The summed E-state index contributed by atoms with van der Waals surface area (Å²) in [6, 6.07) is 0. The van der Waals surface area contributed by atoms with Gasteiger partial charge in [-0.1, -0.05) is 39.5 Å². The largest absolute Gasteiger partial charge is 4.00 e. The van der Waals surface area contributed by atoms with E-state index in [2.05, 4.69) is 65.8 Å². The molecule has 2 unspecified atom stereocenters. The molecule has 0 saturated heterocycles. The van der Waals surface area contributed by atoms with Gasteiger partial charge >= 0.3 is 21.7 Å². The van der Waals surface area contributed by atoms with Gasteiger partial charge in [0.1, 0.15) is 0 Å². The van der Waals surface area contributed by atoms with Crippen LogP contribution < -0.4 is 24.8 Å². The van der Waals surface area contributed by atoms with Gasteiger partial charge in [-0.15, -0.1) is 13.8 Å². The number of hydrogen-bond donors (Lipinski definition) is 0. The van der Waals surface area contributed by atoms with Crippen LogP contribution in [0.3, 0.4) is 0 Å². The van der Waals surface area contributed by atoms with Crippen molar-refractivity contribution in [3.8, 4) is 0 Å². The molecule has 0 radical (unpaired) electrons. The van der Waals surface area contributed by atoms with E-state index < -0.39 is 0 Å². The van der Waals surface area contributed by atoms with Crippen LogP contribution in [0.2, 0.25) is 0 Å². The third-order valence-electron chi connectivity index (χ3n) is 3.07. The van der Waals surface area contributed by atoms with Crippen LogP contribution in [0.15, 0.2) is 34.4 Å². The molecule has 2 aliphatic carbocycles. The molecule has 104 valence electrons. The van der Waals surface area contributed by atoms with Crippen molar-refractivity contribution in [2.75, 3.05) is 0 Å². The number of hydrogen-bond acceptors (Lipinski definition) is 0. The first-order chi connectivity index (χ1) is 7.40. The van der Waals surface area contributed by atoms with Crippen molar-refractivity contribution in [3.05, 3.63) is 46.6 Å². The molecule has 0 heterocycles. The summed E-state index contributed by atoms with van der Waals surface area (Å²) in [5.41, 5.74) is 5.41. The number of allylic oxidation sites excluding steroid dienone is 8. The molecule has 0 N–H and O–H groups in total. The molecule has 0 aromatic heterocycles. The summed E-state index contributed by atoms with van der Waals surface area (Å²) in [5.74, 6) is 1.10. The van der Waals surface area contributed by atoms with Crippen LogP contribution in [-0.2, 0) is 21.7 Å². The fourth-order valence-corrected chi connectivity index (χ4v) is 1.99. The molecule has 0 saturated carbocycles. The van der Waals surface area contributed by atoms with E-state index in [9.17, 15) is 0 Å². The van der Waals surface area contributed by atoms with Crippen LogP contribution in [0.1, 0.15) is 41.5 Å². The van der Waals surface area contributed by atoms with Crippen molar-refractivity contribution in [2.45, 2.75) is 41.5 Å². The van der Waals surface area contributed by atoms with Gasteiger partial charge in [0.15, 0.2) is 0 Å². The van der Waals surface area contributed by atoms with E-state index in [-0.39, 0.29) is 46.5 Å². The molecule has 19 heavy (non-hydrogen) atoms. The molecule has 3 heteroatoms. The van der Waals surface area contributed by atoms with Crippen LogP contribution in [0.4, 0.5) is 0 Å². The first kappa shape index (κ1) is 24.3. The molecule has 2 aliphatic rings. The topological polar surface area (TPSA) is 0 Å². The average Bonchev–Trinajstić information content (AvgIpc) is 2.58. The molecule has 0 nitrogen and oxygen atoms in total. The van der Waals surface area contributed by atoms with Crippen molar-refractivity contribution in [1.82, 2.24) is 0 Å².